The van der Waals surface area contributed by atoms with Crippen molar-refractivity contribution in [2.75, 3.05) is 0 Å². The second-order valence-electron chi connectivity index (χ2n) is 5.06. The van der Waals surface area contributed by atoms with Gasteiger partial charge in [0, 0.05) is 11.8 Å². The third kappa shape index (κ3) is 2.81. The summed E-state index contributed by atoms with van der Waals surface area (Å²) in [6.45, 7) is 4.30. The van der Waals surface area contributed by atoms with Crippen LogP contribution < -0.4 is 16.3 Å². The van der Waals surface area contributed by atoms with E-state index in [2.05, 4.69) is 38.1 Å². The topological polar surface area (TPSA) is 26.0 Å². The predicted molar refractivity (Wildman–Crippen MR) is 89.3 cm³/mol. The first kappa shape index (κ1) is 14.5. The molecule has 2 N–H and O–H groups in total. The Labute approximate surface area is 120 Å². The van der Waals surface area contributed by atoms with E-state index in [9.17, 15) is 0 Å². The van der Waals surface area contributed by atoms with Crippen molar-refractivity contribution in [2.45, 2.75) is 19.6 Å². The molecule has 0 saturated heterocycles. The fourth-order valence-electron chi connectivity index (χ4n) is 2.21. The molecule has 0 fully saturated rings. The first-order valence-electron chi connectivity index (χ1n) is 6.53. The van der Waals surface area contributed by atoms with Crippen LogP contribution in [0.1, 0.15) is 13.8 Å². The van der Waals surface area contributed by atoms with Gasteiger partial charge in [-0.2, -0.15) is 0 Å². The van der Waals surface area contributed by atoms with Crippen LogP contribution in [-0.2, 0) is 11.8 Å². The molecule has 0 amide bonds. The van der Waals surface area contributed by atoms with Crippen LogP contribution >= 0.6 is 6.04 Å². The van der Waals surface area contributed by atoms with Gasteiger partial charge in [-0.1, -0.05) is 86.3 Å². The van der Waals surface area contributed by atoms with Crippen molar-refractivity contribution in [2.24, 2.45) is 11.7 Å². The lowest BCUT2D eigenvalue weighted by Gasteiger charge is -2.32. The zero-order valence-electron chi connectivity index (χ0n) is 11.4. The number of rotatable bonds is 4. The van der Waals surface area contributed by atoms with Crippen LogP contribution in [0.3, 0.4) is 0 Å². The van der Waals surface area contributed by atoms with Gasteiger partial charge in [0.1, 0.15) is 0 Å². The van der Waals surface area contributed by atoms with Gasteiger partial charge in [-0.3, -0.25) is 0 Å². The Kier molecular flexibility index (Phi) is 4.57. The average molecular weight is 289 g/mol. The first-order chi connectivity index (χ1) is 9.06. The molecule has 0 unspecified atom stereocenters. The lowest BCUT2D eigenvalue weighted by Crippen LogP contribution is -2.35. The second kappa shape index (κ2) is 6.00. The van der Waals surface area contributed by atoms with Crippen molar-refractivity contribution in [1.29, 1.82) is 0 Å². The van der Waals surface area contributed by atoms with Gasteiger partial charge in [-0.25, -0.2) is 0 Å². The van der Waals surface area contributed by atoms with Crippen LogP contribution in [0, 0.1) is 5.92 Å². The summed E-state index contributed by atoms with van der Waals surface area (Å²) in [5.74, 6) is 0.374. The minimum absolute atomic E-state index is 0.00676. The Morgan fingerprint density at radius 2 is 1.21 bits per heavy atom. The van der Waals surface area contributed by atoms with Crippen LogP contribution in [-0.4, -0.2) is 5.78 Å². The molecule has 0 radical (unpaired) electrons. The Hall–Kier alpha value is -0.950. The van der Waals surface area contributed by atoms with E-state index >= 15 is 0 Å². The van der Waals surface area contributed by atoms with Crippen molar-refractivity contribution in [3.63, 3.8) is 0 Å². The third-order valence-corrected chi connectivity index (χ3v) is 8.94. The quantitative estimate of drug-likeness (QED) is 0.876. The molecule has 2 rings (SSSR count). The summed E-state index contributed by atoms with van der Waals surface area (Å²) in [5, 5.41) is 2.41. The molecule has 0 aliphatic carbocycles. The summed E-state index contributed by atoms with van der Waals surface area (Å²) in [6.07, 6.45) is 0. The molecule has 1 nitrogen and oxygen atoms in total. The van der Waals surface area contributed by atoms with Crippen LogP contribution in [0.2, 0.25) is 0 Å². The van der Waals surface area contributed by atoms with Crippen LogP contribution in [0.15, 0.2) is 60.7 Å². The first-order valence-corrected chi connectivity index (χ1v) is 9.40. The summed E-state index contributed by atoms with van der Waals surface area (Å²) >= 11 is 6.12. The van der Waals surface area contributed by atoms with E-state index in [1.54, 1.807) is 0 Å². The summed E-state index contributed by atoms with van der Waals surface area (Å²) in [6, 6.07) is 18.8. The normalized spacial score (nSPS) is 13.5. The van der Waals surface area contributed by atoms with E-state index in [1.165, 1.54) is 10.6 Å². The summed E-state index contributed by atoms with van der Waals surface area (Å²) in [4.78, 5) is 0. The summed E-state index contributed by atoms with van der Waals surface area (Å²) in [7, 11) is 0. The zero-order chi connectivity index (χ0) is 13.9. The maximum Gasteiger partial charge on any atom is 0.0436 e. The van der Waals surface area contributed by atoms with Crippen LogP contribution in [0.4, 0.5) is 0 Å². The van der Waals surface area contributed by atoms with Crippen LogP contribution in [0.5, 0.6) is 0 Å². The molecule has 2 aromatic carbocycles. The average Bonchev–Trinajstić information content (AvgIpc) is 2.47. The molecule has 1 atom stereocenters. The maximum atomic E-state index is 6.50. The molecule has 3 heteroatoms. The fraction of sp³-hybridized carbons (Fsp3) is 0.250. The summed E-state index contributed by atoms with van der Waals surface area (Å²) in [5.41, 5.74) is 6.50. The van der Waals surface area contributed by atoms with E-state index in [0.29, 0.717) is 5.92 Å². The van der Waals surface area contributed by atoms with E-state index in [-0.39, 0.29) is 5.78 Å². The highest BCUT2D eigenvalue weighted by atomic mass is 32.4. The molecule has 0 heterocycles. The van der Waals surface area contributed by atoms with Gasteiger partial charge >= 0.3 is 0 Å². The molecule has 100 valence electrons. The molecule has 0 aliphatic rings. The standard InChI is InChI=1S/C16H20NPS/c1-13(2)16(17)18(19,14-9-5-3-6-10-14)15-11-7-4-8-12-15/h3-13,16H,17H2,1-2H3/t16-/m1/s1. The lowest BCUT2D eigenvalue weighted by atomic mass is 10.2. The monoisotopic (exact) mass is 289 g/mol. The molecule has 0 bridgehead atoms. The van der Waals surface area contributed by atoms with Gasteiger partial charge in [0.15, 0.2) is 0 Å². The smallest absolute Gasteiger partial charge is 0.0436 e. The molecular formula is C16H20NPS. The van der Waals surface area contributed by atoms with Crippen molar-refractivity contribution in [3.05, 3.63) is 60.7 Å². The van der Waals surface area contributed by atoms with E-state index in [4.69, 9.17) is 17.5 Å². The van der Waals surface area contributed by atoms with Gasteiger partial charge < -0.3 is 5.73 Å². The zero-order valence-corrected chi connectivity index (χ0v) is 13.1. The fourth-order valence-corrected chi connectivity index (χ4v) is 6.73. The van der Waals surface area contributed by atoms with Crippen molar-refractivity contribution in [1.82, 2.24) is 0 Å². The molecule has 2 aromatic rings. The summed E-state index contributed by atoms with van der Waals surface area (Å²) < 4.78 is 0. The Morgan fingerprint density at radius 1 is 0.842 bits per heavy atom. The minimum atomic E-state index is -1.96. The number of benzene rings is 2. The van der Waals surface area contributed by atoms with Gasteiger partial charge in [-0.05, 0) is 16.5 Å². The highest BCUT2D eigenvalue weighted by Crippen LogP contribution is 2.49. The van der Waals surface area contributed by atoms with E-state index in [0.717, 1.165) is 0 Å². The third-order valence-electron chi connectivity index (χ3n) is 3.38. The molecular weight excluding hydrogens is 269 g/mol. The number of nitrogens with two attached hydrogens (primary N) is 1. The minimum Gasteiger partial charge on any atom is -0.323 e. The highest BCUT2D eigenvalue weighted by Gasteiger charge is 2.31. The molecule has 0 aliphatic heterocycles. The van der Waals surface area contributed by atoms with Crippen molar-refractivity contribution in [3.8, 4) is 0 Å². The Balaban J connectivity index is 2.61. The van der Waals surface area contributed by atoms with Crippen LogP contribution in [0.25, 0.3) is 0 Å². The van der Waals surface area contributed by atoms with Gasteiger partial charge in [-0.15, -0.1) is 0 Å². The number of hydrogen-bond acceptors (Lipinski definition) is 2. The Morgan fingerprint density at radius 3 is 1.53 bits per heavy atom. The molecule has 19 heavy (non-hydrogen) atoms. The lowest BCUT2D eigenvalue weighted by molar-refractivity contribution is 0.618. The van der Waals surface area contributed by atoms with E-state index in [1.807, 2.05) is 36.4 Å². The largest absolute Gasteiger partial charge is 0.323 e. The van der Waals surface area contributed by atoms with Gasteiger partial charge in [0.05, 0.1) is 0 Å². The molecule has 0 saturated carbocycles. The van der Waals surface area contributed by atoms with Crippen molar-refractivity contribution >= 4 is 28.5 Å². The Bertz CT molecular complexity index is 522. The second-order valence-corrected chi connectivity index (χ2v) is 9.74. The molecule has 0 aromatic heterocycles. The predicted octanol–water partition coefficient (Wildman–Crippen LogP) is 3.06. The SMILES string of the molecule is CC(C)[C@H](N)P(=S)(c1ccccc1)c1ccccc1. The van der Waals surface area contributed by atoms with Gasteiger partial charge in [0.2, 0.25) is 0 Å². The number of hydrogen-bond donors (Lipinski definition) is 1. The van der Waals surface area contributed by atoms with E-state index < -0.39 is 6.04 Å². The van der Waals surface area contributed by atoms with Crippen molar-refractivity contribution < 1.29 is 0 Å². The van der Waals surface area contributed by atoms with Gasteiger partial charge in [0.25, 0.3) is 0 Å². The molecule has 0 spiro atoms. The highest BCUT2D eigenvalue weighted by molar-refractivity contribution is 8.22. The maximum absolute atomic E-state index is 6.50.